The van der Waals surface area contributed by atoms with Crippen LogP contribution in [0.15, 0.2) is 79.1 Å². The zero-order chi connectivity index (χ0) is 16.8. The third kappa shape index (κ3) is 4.19. The van der Waals surface area contributed by atoms with Gasteiger partial charge in [-0.15, -0.1) is 0 Å². The summed E-state index contributed by atoms with van der Waals surface area (Å²) in [7, 11) is 0. The summed E-state index contributed by atoms with van der Waals surface area (Å²) >= 11 is 0. The second-order valence-corrected chi connectivity index (χ2v) is 6.09. The molecule has 1 heterocycles. The molecular weight excluding hydrogens is 299 g/mol. The fourth-order valence-electron chi connectivity index (χ4n) is 2.90. The van der Waals surface area contributed by atoms with E-state index >= 15 is 0 Å². The molecule has 3 aromatic rings. The van der Waals surface area contributed by atoms with Crippen LogP contribution in [0.1, 0.15) is 12.5 Å². The van der Waals surface area contributed by atoms with Gasteiger partial charge in [0.2, 0.25) is 0 Å². The SMILES string of the molecule is CC(Cc1ccccc1)CN(c1ccncc1)c1ccc(F)cc1. The van der Waals surface area contributed by atoms with E-state index in [2.05, 4.69) is 41.1 Å². The fraction of sp³-hybridized carbons (Fsp3) is 0.190. The smallest absolute Gasteiger partial charge is 0.123 e. The Morgan fingerprint density at radius 1 is 0.875 bits per heavy atom. The molecule has 0 fully saturated rings. The van der Waals surface area contributed by atoms with E-state index < -0.39 is 0 Å². The number of benzene rings is 2. The number of anilines is 2. The number of aromatic nitrogens is 1. The van der Waals surface area contributed by atoms with E-state index in [4.69, 9.17) is 0 Å². The van der Waals surface area contributed by atoms with Crippen LogP contribution in [0.5, 0.6) is 0 Å². The molecule has 0 bridgehead atoms. The highest BCUT2D eigenvalue weighted by Gasteiger charge is 2.14. The van der Waals surface area contributed by atoms with Gasteiger partial charge in [-0.1, -0.05) is 37.3 Å². The Morgan fingerprint density at radius 2 is 1.50 bits per heavy atom. The van der Waals surface area contributed by atoms with Gasteiger partial charge in [-0.25, -0.2) is 4.39 Å². The highest BCUT2D eigenvalue weighted by molar-refractivity contribution is 5.62. The summed E-state index contributed by atoms with van der Waals surface area (Å²) in [5, 5.41) is 0. The molecule has 0 aliphatic rings. The van der Waals surface area contributed by atoms with E-state index in [-0.39, 0.29) is 5.82 Å². The summed E-state index contributed by atoms with van der Waals surface area (Å²) in [5.74, 6) is 0.233. The Labute approximate surface area is 142 Å². The molecule has 3 heteroatoms. The molecule has 0 N–H and O–H groups in total. The summed E-state index contributed by atoms with van der Waals surface area (Å²) in [5.41, 5.74) is 3.39. The van der Waals surface area contributed by atoms with Crippen molar-refractivity contribution < 1.29 is 4.39 Å². The van der Waals surface area contributed by atoms with Crippen molar-refractivity contribution in [1.29, 1.82) is 0 Å². The van der Waals surface area contributed by atoms with Crippen LogP contribution in [0.25, 0.3) is 0 Å². The van der Waals surface area contributed by atoms with Gasteiger partial charge in [0.1, 0.15) is 5.82 Å². The van der Waals surface area contributed by atoms with E-state index in [1.807, 2.05) is 30.3 Å². The van der Waals surface area contributed by atoms with Crippen molar-refractivity contribution in [3.63, 3.8) is 0 Å². The third-order valence-corrected chi connectivity index (χ3v) is 4.03. The van der Waals surface area contributed by atoms with Crippen LogP contribution >= 0.6 is 0 Å². The van der Waals surface area contributed by atoms with Crippen LogP contribution in [-0.2, 0) is 6.42 Å². The van der Waals surface area contributed by atoms with E-state index in [1.165, 1.54) is 17.7 Å². The molecule has 0 saturated carbocycles. The largest absolute Gasteiger partial charge is 0.341 e. The topological polar surface area (TPSA) is 16.1 Å². The van der Waals surface area contributed by atoms with Crippen LogP contribution in [0.3, 0.4) is 0 Å². The molecule has 0 amide bonds. The molecule has 122 valence electrons. The van der Waals surface area contributed by atoms with Crippen LogP contribution in [-0.4, -0.2) is 11.5 Å². The molecule has 1 aromatic heterocycles. The maximum atomic E-state index is 13.3. The van der Waals surface area contributed by atoms with Crippen molar-refractivity contribution >= 4 is 11.4 Å². The van der Waals surface area contributed by atoms with Crippen molar-refractivity contribution in [1.82, 2.24) is 4.98 Å². The predicted molar refractivity (Wildman–Crippen MR) is 97.0 cm³/mol. The monoisotopic (exact) mass is 320 g/mol. The Kier molecular flexibility index (Phi) is 5.22. The van der Waals surface area contributed by atoms with E-state index in [0.29, 0.717) is 5.92 Å². The lowest BCUT2D eigenvalue weighted by Gasteiger charge is -2.28. The van der Waals surface area contributed by atoms with Gasteiger partial charge in [-0.2, -0.15) is 0 Å². The van der Waals surface area contributed by atoms with Crippen molar-refractivity contribution in [2.75, 3.05) is 11.4 Å². The Morgan fingerprint density at radius 3 is 2.17 bits per heavy atom. The first kappa shape index (κ1) is 16.2. The van der Waals surface area contributed by atoms with E-state index in [0.717, 1.165) is 24.3 Å². The van der Waals surface area contributed by atoms with Gasteiger partial charge < -0.3 is 4.90 Å². The first-order chi connectivity index (χ1) is 11.7. The number of pyridine rings is 1. The second kappa shape index (κ2) is 7.73. The molecule has 0 saturated heterocycles. The lowest BCUT2D eigenvalue weighted by molar-refractivity contribution is 0.584. The summed E-state index contributed by atoms with van der Waals surface area (Å²) in [6, 6.07) is 21.1. The molecule has 1 unspecified atom stereocenters. The van der Waals surface area contributed by atoms with Crippen LogP contribution in [0.4, 0.5) is 15.8 Å². The quantitative estimate of drug-likeness (QED) is 0.617. The summed E-state index contributed by atoms with van der Waals surface area (Å²) in [6.07, 6.45) is 4.57. The van der Waals surface area contributed by atoms with Gasteiger partial charge in [-0.3, -0.25) is 4.98 Å². The second-order valence-electron chi connectivity index (χ2n) is 6.09. The molecule has 0 aliphatic carbocycles. The van der Waals surface area contributed by atoms with Gasteiger partial charge in [-0.05, 0) is 54.3 Å². The zero-order valence-electron chi connectivity index (χ0n) is 13.8. The average Bonchev–Trinajstić information content (AvgIpc) is 2.62. The van der Waals surface area contributed by atoms with Crippen molar-refractivity contribution in [2.45, 2.75) is 13.3 Å². The summed E-state index contributed by atoms with van der Waals surface area (Å²) in [6.45, 7) is 3.09. The minimum atomic E-state index is -0.217. The van der Waals surface area contributed by atoms with Gasteiger partial charge >= 0.3 is 0 Å². The molecule has 24 heavy (non-hydrogen) atoms. The lowest BCUT2D eigenvalue weighted by Crippen LogP contribution is -2.24. The minimum absolute atomic E-state index is 0.217. The normalized spacial score (nSPS) is 11.9. The summed E-state index contributed by atoms with van der Waals surface area (Å²) in [4.78, 5) is 6.31. The van der Waals surface area contributed by atoms with Crippen LogP contribution in [0.2, 0.25) is 0 Å². The molecule has 0 aliphatic heterocycles. The third-order valence-electron chi connectivity index (χ3n) is 4.03. The number of hydrogen-bond donors (Lipinski definition) is 0. The Bertz CT molecular complexity index is 742. The van der Waals surface area contributed by atoms with Crippen molar-refractivity contribution in [2.24, 2.45) is 5.92 Å². The van der Waals surface area contributed by atoms with Crippen LogP contribution < -0.4 is 4.90 Å². The van der Waals surface area contributed by atoms with E-state index in [1.54, 1.807) is 12.4 Å². The molecule has 0 spiro atoms. The van der Waals surface area contributed by atoms with Gasteiger partial charge in [0.25, 0.3) is 0 Å². The first-order valence-corrected chi connectivity index (χ1v) is 8.19. The predicted octanol–water partition coefficient (Wildman–Crippen LogP) is 5.24. The number of rotatable bonds is 6. The zero-order valence-corrected chi connectivity index (χ0v) is 13.8. The Balaban J connectivity index is 1.81. The van der Waals surface area contributed by atoms with Gasteiger partial charge in [0.05, 0.1) is 0 Å². The highest BCUT2D eigenvalue weighted by atomic mass is 19.1. The van der Waals surface area contributed by atoms with Gasteiger partial charge in [0, 0.05) is 30.3 Å². The van der Waals surface area contributed by atoms with Crippen LogP contribution in [0, 0.1) is 11.7 Å². The molecule has 3 rings (SSSR count). The number of hydrogen-bond acceptors (Lipinski definition) is 2. The Hall–Kier alpha value is -2.68. The van der Waals surface area contributed by atoms with Gasteiger partial charge in [0.15, 0.2) is 0 Å². The molecular formula is C21H21FN2. The van der Waals surface area contributed by atoms with Crippen molar-refractivity contribution in [3.8, 4) is 0 Å². The highest BCUT2D eigenvalue weighted by Crippen LogP contribution is 2.27. The molecule has 1 atom stereocenters. The molecule has 2 nitrogen and oxygen atoms in total. The molecule has 0 radical (unpaired) electrons. The maximum absolute atomic E-state index is 13.3. The molecule has 2 aromatic carbocycles. The number of halogens is 1. The number of nitrogens with zero attached hydrogens (tertiary/aromatic N) is 2. The average molecular weight is 320 g/mol. The standard InChI is InChI=1S/C21H21FN2/c1-17(15-18-5-3-2-4-6-18)16-24(21-11-13-23-14-12-21)20-9-7-19(22)8-10-20/h2-14,17H,15-16H2,1H3. The lowest BCUT2D eigenvalue weighted by atomic mass is 10.00. The minimum Gasteiger partial charge on any atom is -0.341 e. The first-order valence-electron chi connectivity index (χ1n) is 8.19. The van der Waals surface area contributed by atoms with Crippen molar-refractivity contribution in [3.05, 3.63) is 90.5 Å². The van der Waals surface area contributed by atoms with E-state index in [9.17, 15) is 4.39 Å². The maximum Gasteiger partial charge on any atom is 0.123 e. The summed E-state index contributed by atoms with van der Waals surface area (Å²) < 4.78 is 13.3. The fourth-order valence-corrected chi connectivity index (χ4v) is 2.90.